The average molecular weight is 228 g/mol. The van der Waals surface area contributed by atoms with Gasteiger partial charge in [0.1, 0.15) is 0 Å². The highest BCUT2D eigenvalue weighted by Crippen LogP contribution is 2.29. The van der Waals surface area contributed by atoms with Gasteiger partial charge in [-0.3, -0.25) is 0 Å². The molecular formula is C8H15F3N2S. The van der Waals surface area contributed by atoms with E-state index in [0.717, 1.165) is 25.9 Å². The molecule has 1 fully saturated rings. The van der Waals surface area contributed by atoms with Crippen molar-refractivity contribution in [2.24, 2.45) is 5.73 Å². The van der Waals surface area contributed by atoms with Crippen molar-refractivity contribution in [1.29, 1.82) is 0 Å². The van der Waals surface area contributed by atoms with Crippen molar-refractivity contribution in [2.45, 2.75) is 24.4 Å². The fourth-order valence-electron chi connectivity index (χ4n) is 1.47. The van der Waals surface area contributed by atoms with Gasteiger partial charge >= 0.3 is 5.51 Å². The summed E-state index contributed by atoms with van der Waals surface area (Å²) in [5, 5.41) is 0. The van der Waals surface area contributed by atoms with Crippen molar-refractivity contribution in [3.8, 4) is 0 Å². The molecule has 1 aliphatic rings. The Morgan fingerprint density at radius 1 is 1.29 bits per heavy atom. The number of nitrogens with zero attached hydrogens (tertiary/aromatic N) is 1. The summed E-state index contributed by atoms with van der Waals surface area (Å²) >= 11 is 0.0551. The van der Waals surface area contributed by atoms with E-state index in [9.17, 15) is 13.2 Å². The van der Waals surface area contributed by atoms with Gasteiger partial charge in [0.15, 0.2) is 0 Å². The maximum atomic E-state index is 11.8. The SMILES string of the molecule is NC1CCN(CCSC(F)(F)F)CC1. The van der Waals surface area contributed by atoms with Crippen LogP contribution in [0.15, 0.2) is 0 Å². The molecule has 0 unspecified atom stereocenters. The third kappa shape index (κ3) is 5.07. The lowest BCUT2D eigenvalue weighted by Gasteiger charge is -2.29. The van der Waals surface area contributed by atoms with Gasteiger partial charge in [0.05, 0.1) is 0 Å². The molecule has 1 saturated heterocycles. The number of likely N-dealkylation sites (tertiary alicyclic amines) is 1. The van der Waals surface area contributed by atoms with E-state index in [-0.39, 0.29) is 23.6 Å². The standard InChI is InChI=1S/C8H15F3N2S/c9-8(10,11)14-6-5-13-3-1-7(12)2-4-13/h7H,1-6,12H2. The van der Waals surface area contributed by atoms with E-state index in [2.05, 4.69) is 0 Å². The summed E-state index contributed by atoms with van der Waals surface area (Å²) in [4.78, 5) is 2.04. The van der Waals surface area contributed by atoms with Crippen LogP contribution in [0.5, 0.6) is 0 Å². The minimum atomic E-state index is -4.09. The summed E-state index contributed by atoms with van der Waals surface area (Å²) in [5.74, 6) is 0.124. The number of nitrogens with two attached hydrogens (primary N) is 1. The van der Waals surface area contributed by atoms with E-state index < -0.39 is 5.51 Å². The Morgan fingerprint density at radius 3 is 2.36 bits per heavy atom. The molecule has 2 nitrogen and oxygen atoms in total. The maximum Gasteiger partial charge on any atom is 0.441 e. The van der Waals surface area contributed by atoms with Crippen LogP contribution >= 0.6 is 11.8 Å². The molecule has 2 N–H and O–H groups in total. The Bertz CT molecular complexity index is 166. The summed E-state index contributed by atoms with van der Waals surface area (Å²) < 4.78 is 35.4. The number of alkyl halides is 3. The van der Waals surface area contributed by atoms with E-state index >= 15 is 0 Å². The molecule has 1 heterocycles. The molecule has 6 heteroatoms. The zero-order chi connectivity index (χ0) is 10.6. The van der Waals surface area contributed by atoms with Crippen LogP contribution in [0.2, 0.25) is 0 Å². The molecule has 0 bridgehead atoms. The summed E-state index contributed by atoms with van der Waals surface area (Å²) in [6.45, 7) is 2.18. The van der Waals surface area contributed by atoms with E-state index in [1.807, 2.05) is 4.90 Å². The lowest BCUT2D eigenvalue weighted by Crippen LogP contribution is -2.40. The van der Waals surface area contributed by atoms with Crippen molar-refractivity contribution in [3.05, 3.63) is 0 Å². The van der Waals surface area contributed by atoms with Crippen LogP contribution < -0.4 is 5.73 Å². The van der Waals surface area contributed by atoms with Gasteiger partial charge < -0.3 is 10.6 Å². The topological polar surface area (TPSA) is 29.3 Å². The highest BCUT2D eigenvalue weighted by atomic mass is 32.2. The molecular weight excluding hydrogens is 213 g/mol. The van der Waals surface area contributed by atoms with Gasteiger partial charge in [-0.15, -0.1) is 0 Å². The molecule has 0 atom stereocenters. The molecule has 84 valence electrons. The normalized spacial score (nSPS) is 21.4. The number of piperidine rings is 1. The van der Waals surface area contributed by atoms with Gasteiger partial charge in [0.2, 0.25) is 0 Å². The molecule has 1 aliphatic heterocycles. The van der Waals surface area contributed by atoms with E-state index in [0.29, 0.717) is 6.54 Å². The molecule has 0 amide bonds. The van der Waals surface area contributed by atoms with E-state index in [4.69, 9.17) is 5.73 Å². The lowest BCUT2D eigenvalue weighted by molar-refractivity contribution is -0.0329. The highest BCUT2D eigenvalue weighted by molar-refractivity contribution is 8.00. The van der Waals surface area contributed by atoms with Crippen LogP contribution in [-0.2, 0) is 0 Å². The van der Waals surface area contributed by atoms with Crippen molar-refractivity contribution in [3.63, 3.8) is 0 Å². The third-order valence-corrected chi connectivity index (χ3v) is 3.02. The molecule has 1 rings (SSSR count). The Balaban J connectivity index is 2.08. The first-order chi connectivity index (χ1) is 6.47. The minimum absolute atomic E-state index is 0.0551. The van der Waals surface area contributed by atoms with Gasteiger partial charge in [-0.1, -0.05) is 0 Å². The molecule has 0 aromatic rings. The predicted molar refractivity (Wildman–Crippen MR) is 52.2 cm³/mol. The number of rotatable bonds is 3. The molecule has 0 spiro atoms. The minimum Gasteiger partial charge on any atom is -0.328 e. The molecule has 0 aromatic heterocycles. The van der Waals surface area contributed by atoms with Crippen LogP contribution in [0.3, 0.4) is 0 Å². The highest BCUT2D eigenvalue weighted by Gasteiger charge is 2.28. The predicted octanol–water partition coefficient (Wildman–Crippen LogP) is 1.66. The molecule has 14 heavy (non-hydrogen) atoms. The number of thioether (sulfide) groups is 1. The Morgan fingerprint density at radius 2 is 1.86 bits per heavy atom. The second-order valence-corrected chi connectivity index (χ2v) is 4.63. The fourth-order valence-corrected chi connectivity index (χ4v) is 2.05. The fraction of sp³-hybridized carbons (Fsp3) is 1.00. The second-order valence-electron chi connectivity index (χ2n) is 3.47. The van der Waals surface area contributed by atoms with Gasteiger partial charge in [0.25, 0.3) is 0 Å². The third-order valence-electron chi connectivity index (χ3n) is 2.31. The van der Waals surface area contributed by atoms with Gasteiger partial charge in [0, 0.05) is 18.3 Å². The molecule has 0 aromatic carbocycles. The first-order valence-electron chi connectivity index (χ1n) is 4.66. The summed E-state index contributed by atoms with van der Waals surface area (Å²) in [6.07, 6.45) is 1.80. The number of hydrogen-bond acceptors (Lipinski definition) is 3. The Hall–Kier alpha value is 0.0600. The number of hydrogen-bond donors (Lipinski definition) is 1. The number of halogens is 3. The van der Waals surface area contributed by atoms with E-state index in [1.54, 1.807) is 0 Å². The monoisotopic (exact) mass is 228 g/mol. The second kappa shape index (κ2) is 5.23. The summed E-state index contributed by atoms with van der Waals surface area (Å²) in [7, 11) is 0. The quantitative estimate of drug-likeness (QED) is 0.796. The van der Waals surface area contributed by atoms with E-state index in [1.165, 1.54) is 0 Å². The molecule has 0 aliphatic carbocycles. The zero-order valence-corrected chi connectivity index (χ0v) is 8.70. The lowest BCUT2D eigenvalue weighted by atomic mass is 10.1. The average Bonchev–Trinajstić information content (AvgIpc) is 2.06. The first kappa shape index (κ1) is 12.1. The maximum absolute atomic E-state index is 11.8. The largest absolute Gasteiger partial charge is 0.441 e. The Kier molecular flexibility index (Phi) is 4.53. The summed E-state index contributed by atoms with van der Waals surface area (Å²) in [6, 6.07) is 0.238. The van der Waals surface area contributed by atoms with Gasteiger partial charge in [-0.2, -0.15) is 13.2 Å². The van der Waals surface area contributed by atoms with Crippen molar-refractivity contribution >= 4 is 11.8 Å². The van der Waals surface area contributed by atoms with Crippen LogP contribution in [0.4, 0.5) is 13.2 Å². The van der Waals surface area contributed by atoms with Crippen molar-refractivity contribution < 1.29 is 13.2 Å². The van der Waals surface area contributed by atoms with Crippen molar-refractivity contribution in [1.82, 2.24) is 4.90 Å². The Labute approximate surface area is 86.0 Å². The van der Waals surface area contributed by atoms with Crippen LogP contribution in [-0.4, -0.2) is 41.8 Å². The molecule has 0 radical (unpaired) electrons. The van der Waals surface area contributed by atoms with Crippen molar-refractivity contribution in [2.75, 3.05) is 25.4 Å². The van der Waals surface area contributed by atoms with Crippen LogP contribution in [0.25, 0.3) is 0 Å². The first-order valence-corrected chi connectivity index (χ1v) is 5.64. The van der Waals surface area contributed by atoms with Crippen LogP contribution in [0.1, 0.15) is 12.8 Å². The van der Waals surface area contributed by atoms with Gasteiger partial charge in [-0.05, 0) is 37.7 Å². The smallest absolute Gasteiger partial charge is 0.328 e. The van der Waals surface area contributed by atoms with Gasteiger partial charge in [-0.25, -0.2) is 0 Å². The van der Waals surface area contributed by atoms with Crippen LogP contribution in [0, 0.1) is 0 Å². The summed E-state index contributed by atoms with van der Waals surface area (Å²) in [5.41, 5.74) is 1.59. The molecule has 0 saturated carbocycles. The zero-order valence-electron chi connectivity index (χ0n) is 7.89.